The number of nitrogens with one attached hydrogen (secondary N) is 1. The third-order valence-corrected chi connectivity index (χ3v) is 3.54. The number of para-hydroxylation sites is 1. The molecule has 1 aromatic carbocycles. The quantitative estimate of drug-likeness (QED) is 0.495. The number of hydrazone groups is 1. The molecular weight excluding hydrogens is 258 g/mol. The smallest absolute Gasteiger partial charge is 0.189 e. The zero-order valence-electron chi connectivity index (χ0n) is 10.9. The Bertz CT molecular complexity index is 454. The van der Waals surface area contributed by atoms with Gasteiger partial charge in [-0.05, 0) is 37.2 Å². The van der Waals surface area contributed by atoms with Crippen molar-refractivity contribution in [1.29, 1.82) is 0 Å². The van der Waals surface area contributed by atoms with Crippen LogP contribution < -0.4 is 5.43 Å². The van der Waals surface area contributed by atoms with Gasteiger partial charge in [-0.1, -0.05) is 25.0 Å². The lowest BCUT2D eigenvalue weighted by atomic mass is 10.2. The first-order chi connectivity index (χ1) is 9.27. The number of hydrogen-bond donors (Lipinski definition) is 2. The van der Waals surface area contributed by atoms with Crippen LogP contribution in [0.2, 0.25) is 0 Å². The molecular formula is C14H19N3OS. The number of rotatable bonds is 2. The molecule has 1 fully saturated rings. The Labute approximate surface area is 119 Å². The van der Waals surface area contributed by atoms with Gasteiger partial charge in [0.25, 0.3) is 0 Å². The number of phenols is 1. The highest BCUT2D eigenvalue weighted by Crippen LogP contribution is 2.12. The molecule has 2 rings (SSSR count). The van der Waals surface area contributed by atoms with Crippen molar-refractivity contribution in [1.82, 2.24) is 10.3 Å². The van der Waals surface area contributed by atoms with Gasteiger partial charge in [0.15, 0.2) is 5.11 Å². The van der Waals surface area contributed by atoms with Gasteiger partial charge in [-0.3, -0.25) is 5.43 Å². The molecule has 0 spiro atoms. The van der Waals surface area contributed by atoms with E-state index in [1.807, 2.05) is 6.07 Å². The van der Waals surface area contributed by atoms with Crippen LogP contribution in [0.3, 0.4) is 0 Å². The maximum absolute atomic E-state index is 9.60. The topological polar surface area (TPSA) is 47.9 Å². The summed E-state index contributed by atoms with van der Waals surface area (Å²) in [6, 6.07) is 7.07. The Hall–Kier alpha value is -1.62. The van der Waals surface area contributed by atoms with Gasteiger partial charge < -0.3 is 10.0 Å². The Balaban J connectivity index is 1.87. The average Bonchev–Trinajstić information content (AvgIpc) is 2.70. The second kappa shape index (κ2) is 7.09. The normalized spacial score (nSPS) is 16.3. The average molecular weight is 277 g/mol. The molecule has 2 N–H and O–H groups in total. The van der Waals surface area contributed by atoms with Crippen LogP contribution in [-0.2, 0) is 0 Å². The molecule has 0 amide bonds. The van der Waals surface area contributed by atoms with Gasteiger partial charge in [-0.2, -0.15) is 5.10 Å². The highest BCUT2D eigenvalue weighted by molar-refractivity contribution is 7.80. The van der Waals surface area contributed by atoms with Gasteiger partial charge in [0.2, 0.25) is 0 Å². The van der Waals surface area contributed by atoms with Gasteiger partial charge >= 0.3 is 0 Å². The molecule has 5 heteroatoms. The van der Waals surface area contributed by atoms with E-state index in [-0.39, 0.29) is 5.75 Å². The van der Waals surface area contributed by atoms with Crippen molar-refractivity contribution in [2.75, 3.05) is 13.1 Å². The third kappa shape index (κ3) is 4.21. The van der Waals surface area contributed by atoms with Crippen molar-refractivity contribution in [2.45, 2.75) is 25.7 Å². The van der Waals surface area contributed by atoms with E-state index in [9.17, 15) is 5.11 Å². The molecule has 0 unspecified atom stereocenters. The van der Waals surface area contributed by atoms with Crippen molar-refractivity contribution in [3.05, 3.63) is 29.8 Å². The molecule has 102 valence electrons. The highest BCUT2D eigenvalue weighted by atomic mass is 32.1. The molecule has 0 radical (unpaired) electrons. The van der Waals surface area contributed by atoms with Crippen LogP contribution in [0.1, 0.15) is 31.2 Å². The van der Waals surface area contributed by atoms with E-state index >= 15 is 0 Å². The summed E-state index contributed by atoms with van der Waals surface area (Å²) < 4.78 is 0. The molecule has 19 heavy (non-hydrogen) atoms. The van der Waals surface area contributed by atoms with E-state index in [4.69, 9.17) is 12.2 Å². The largest absolute Gasteiger partial charge is 0.507 e. The third-order valence-electron chi connectivity index (χ3n) is 3.19. The van der Waals surface area contributed by atoms with Crippen LogP contribution in [0.25, 0.3) is 0 Å². The van der Waals surface area contributed by atoms with Crippen LogP contribution in [0.15, 0.2) is 29.4 Å². The molecule has 0 atom stereocenters. The lowest BCUT2D eigenvalue weighted by Gasteiger charge is -2.21. The van der Waals surface area contributed by atoms with Gasteiger partial charge in [0.05, 0.1) is 6.21 Å². The zero-order chi connectivity index (χ0) is 13.5. The van der Waals surface area contributed by atoms with Gasteiger partial charge in [0.1, 0.15) is 5.75 Å². The molecule has 1 saturated heterocycles. The Morgan fingerprint density at radius 3 is 2.58 bits per heavy atom. The SMILES string of the molecule is Oc1ccccc1/C=N/NC(=S)N1CCCCCC1. The van der Waals surface area contributed by atoms with Crippen LogP contribution in [0.4, 0.5) is 0 Å². The monoisotopic (exact) mass is 277 g/mol. The zero-order valence-corrected chi connectivity index (χ0v) is 11.7. The van der Waals surface area contributed by atoms with Crippen molar-refractivity contribution >= 4 is 23.5 Å². The fourth-order valence-electron chi connectivity index (χ4n) is 2.10. The van der Waals surface area contributed by atoms with Crippen molar-refractivity contribution < 1.29 is 5.11 Å². The van der Waals surface area contributed by atoms with Crippen LogP contribution in [-0.4, -0.2) is 34.4 Å². The molecule has 1 aromatic rings. The number of benzene rings is 1. The second-order valence-electron chi connectivity index (χ2n) is 4.64. The van der Waals surface area contributed by atoms with Crippen molar-refractivity contribution in [2.24, 2.45) is 5.10 Å². The Morgan fingerprint density at radius 1 is 1.21 bits per heavy atom. The van der Waals surface area contributed by atoms with Crippen LogP contribution in [0.5, 0.6) is 5.75 Å². The molecule has 0 aromatic heterocycles. The van der Waals surface area contributed by atoms with E-state index in [1.165, 1.54) is 25.7 Å². The fourth-order valence-corrected chi connectivity index (χ4v) is 2.33. The number of nitrogens with zero attached hydrogens (tertiary/aromatic N) is 2. The highest BCUT2D eigenvalue weighted by Gasteiger charge is 2.11. The second-order valence-corrected chi connectivity index (χ2v) is 5.02. The molecule has 0 bridgehead atoms. The lowest BCUT2D eigenvalue weighted by molar-refractivity contribution is 0.428. The molecule has 0 aliphatic carbocycles. The maximum atomic E-state index is 9.60. The molecule has 0 saturated carbocycles. The summed E-state index contributed by atoms with van der Waals surface area (Å²) in [6.45, 7) is 2.00. The maximum Gasteiger partial charge on any atom is 0.189 e. The first kappa shape index (κ1) is 13.8. The van der Waals surface area contributed by atoms with E-state index < -0.39 is 0 Å². The summed E-state index contributed by atoms with van der Waals surface area (Å²) in [5, 5.41) is 14.4. The van der Waals surface area contributed by atoms with E-state index in [0.29, 0.717) is 10.7 Å². The van der Waals surface area contributed by atoms with E-state index in [2.05, 4.69) is 15.4 Å². The minimum absolute atomic E-state index is 0.216. The summed E-state index contributed by atoms with van der Waals surface area (Å²) in [5.41, 5.74) is 3.55. The van der Waals surface area contributed by atoms with E-state index in [0.717, 1.165) is 13.1 Å². The predicted octanol–water partition coefficient (Wildman–Crippen LogP) is 2.48. The van der Waals surface area contributed by atoms with Crippen LogP contribution in [0, 0.1) is 0 Å². The number of thiocarbonyl (C=S) groups is 1. The molecule has 1 aliphatic rings. The van der Waals surface area contributed by atoms with E-state index in [1.54, 1.807) is 24.4 Å². The standard InChI is InChI=1S/C14H19N3OS/c18-13-8-4-3-7-12(13)11-15-16-14(19)17-9-5-1-2-6-10-17/h3-4,7-8,11,18H,1-2,5-6,9-10H2,(H,16,19)/b15-11+. The van der Waals surface area contributed by atoms with Crippen molar-refractivity contribution in [3.8, 4) is 5.75 Å². The first-order valence-electron chi connectivity index (χ1n) is 6.63. The molecule has 1 heterocycles. The summed E-state index contributed by atoms with van der Waals surface area (Å²) in [7, 11) is 0. The Morgan fingerprint density at radius 2 is 1.89 bits per heavy atom. The van der Waals surface area contributed by atoms with Crippen molar-refractivity contribution in [3.63, 3.8) is 0 Å². The van der Waals surface area contributed by atoms with Gasteiger partial charge in [0, 0.05) is 18.7 Å². The number of aromatic hydroxyl groups is 1. The Kier molecular flexibility index (Phi) is 5.15. The lowest BCUT2D eigenvalue weighted by Crippen LogP contribution is -2.38. The molecule has 1 aliphatic heterocycles. The minimum Gasteiger partial charge on any atom is -0.507 e. The summed E-state index contributed by atoms with van der Waals surface area (Å²) in [5.74, 6) is 0.216. The summed E-state index contributed by atoms with van der Waals surface area (Å²) in [4.78, 5) is 2.16. The number of phenolic OH excluding ortho intramolecular Hbond substituents is 1. The fraction of sp³-hybridized carbons (Fsp3) is 0.429. The van der Waals surface area contributed by atoms with Crippen LogP contribution >= 0.6 is 12.2 Å². The summed E-state index contributed by atoms with van der Waals surface area (Å²) in [6.07, 6.45) is 6.51. The number of hydrogen-bond acceptors (Lipinski definition) is 3. The predicted molar refractivity (Wildman–Crippen MR) is 81.5 cm³/mol. The van der Waals surface area contributed by atoms with Gasteiger partial charge in [-0.25, -0.2) is 0 Å². The first-order valence-corrected chi connectivity index (χ1v) is 7.04. The number of likely N-dealkylation sites (tertiary alicyclic amines) is 1. The molecule has 4 nitrogen and oxygen atoms in total. The minimum atomic E-state index is 0.216. The van der Waals surface area contributed by atoms with Gasteiger partial charge in [-0.15, -0.1) is 0 Å². The summed E-state index contributed by atoms with van der Waals surface area (Å²) >= 11 is 5.32.